The molecule has 0 aliphatic heterocycles. The van der Waals surface area contributed by atoms with Gasteiger partial charge in [0.1, 0.15) is 5.82 Å². The molecule has 0 amide bonds. The van der Waals surface area contributed by atoms with Crippen LogP contribution in [-0.2, 0) is 10.0 Å². The highest BCUT2D eigenvalue weighted by atomic mass is 32.2. The van der Waals surface area contributed by atoms with Gasteiger partial charge in [-0.1, -0.05) is 0 Å². The van der Waals surface area contributed by atoms with Gasteiger partial charge in [-0.2, -0.15) is 5.10 Å². The molecule has 0 saturated heterocycles. The number of sulfonamides is 1. The molecule has 17 heavy (non-hydrogen) atoms. The topological polar surface area (TPSA) is 104 Å². The Balaban J connectivity index is 2.42. The molecule has 1 aromatic heterocycles. The molecule has 7 heteroatoms. The minimum Gasteiger partial charge on any atom is -0.382 e. The largest absolute Gasteiger partial charge is 0.382 e. The second-order valence-electron chi connectivity index (χ2n) is 3.68. The van der Waals surface area contributed by atoms with Crippen LogP contribution in [0.4, 0.5) is 5.82 Å². The van der Waals surface area contributed by atoms with Crippen molar-refractivity contribution in [1.29, 1.82) is 0 Å². The summed E-state index contributed by atoms with van der Waals surface area (Å²) in [6.45, 7) is 1.84. The van der Waals surface area contributed by atoms with Gasteiger partial charge in [0.2, 0.25) is 10.0 Å². The highest BCUT2D eigenvalue weighted by molar-refractivity contribution is 7.89. The second kappa shape index (κ2) is 3.86. The lowest BCUT2D eigenvalue weighted by molar-refractivity contribution is 0.598. The third kappa shape index (κ3) is 2.29. The lowest BCUT2D eigenvalue weighted by atomic mass is 10.3. The first-order valence-corrected chi connectivity index (χ1v) is 6.37. The number of rotatable bonds is 2. The first-order chi connectivity index (χ1) is 7.88. The molecule has 0 saturated carbocycles. The molecular weight excluding hydrogens is 240 g/mol. The molecule has 0 aliphatic carbocycles. The van der Waals surface area contributed by atoms with Crippen molar-refractivity contribution in [2.75, 3.05) is 5.73 Å². The van der Waals surface area contributed by atoms with Crippen LogP contribution in [0.15, 0.2) is 35.4 Å². The molecule has 0 unspecified atom stereocenters. The summed E-state index contributed by atoms with van der Waals surface area (Å²) in [6, 6.07) is 6.09. The Kier molecular flexibility index (Phi) is 2.64. The number of hydrogen-bond acceptors (Lipinski definition) is 4. The number of benzene rings is 1. The zero-order valence-electron chi connectivity index (χ0n) is 9.16. The minimum absolute atomic E-state index is 0.0677. The van der Waals surface area contributed by atoms with E-state index in [1.165, 1.54) is 12.1 Å². The molecule has 2 rings (SSSR count). The third-order valence-corrected chi connectivity index (χ3v) is 3.29. The Morgan fingerprint density at radius 2 is 1.82 bits per heavy atom. The number of nitrogen functional groups attached to an aromatic ring is 1. The summed E-state index contributed by atoms with van der Waals surface area (Å²) in [4.78, 5) is 0.0677. The van der Waals surface area contributed by atoms with E-state index in [4.69, 9.17) is 10.9 Å². The molecule has 0 spiro atoms. The van der Waals surface area contributed by atoms with Gasteiger partial charge in [-0.15, -0.1) is 0 Å². The Bertz CT molecular complexity index is 624. The van der Waals surface area contributed by atoms with E-state index in [1.807, 2.05) is 6.92 Å². The van der Waals surface area contributed by atoms with Crippen molar-refractivity contribution in [2.24, 2.45) is 5.14 Å². The Labute approximate surface area is 98.9 Å². The van der Waals surface area contributed by atoms with Crippen LogP contribution in [0.3, 0.4) is 0 Å². The lowest BCUT2D eigenvalue weighted by Crippen LogP contribution is -2.12. The predicted molar refractivity (Wildman–Crippen MR) is 64.1 cm³/mol. The fraction of sp³-hybridized carbons (Fsp3) is 0.100. The highest BCUT2D eigenvalue weighted by Gasteiger charge is 2.08. The van der Waals surface area contributed by atoms with Gasteiger partial charge >= 0.3 is 0 Å². The summed E-state index contributed by atoms with van der Waals surface area (Å²) in [7, 11) is -3.66. The molecule has 2 aromatic rings. The number of nitrogens with two attached hydrogens (primary N) is 2. The van der Waals surface area contributed by atoms with Gasteiger partial charge < -0.3 is 5.73 Å². The van der Waals surface area contributed by atoms with Crippen LogP contribution in [0.1, 0.15) is 5.56 Å². The van der Waals surface area contributed by atoms with E-state index in [-0.39, 0.29) is 4.90 Å². The monoisotopic (exact) mass is 252 g/mol. The maximum absolute atomic E-state index is 11.1. The normalized spacial score (nSPS) is 11.6. The van der Waals surface area contributed by atoms with Gasteiger partial charge in [0.15, 0.2) is 0 Å². The maximum atomic E-state index is 11.1. The molecule has 4 N–H and O–H groups in total. The van der Waals surface area contributed by atoms with E-state index in [0.29, 0.717) is 5.82 Å². The van der Waals surface area contributed by atoms with Crippen LogP contribution in [0.25, 0.3) is 5.69 Å². The smallest absolute Gasteiger partial charge is 0.238 e. The van der Waals surface area contributed by atoms with Crippen LogP contribution in [-0.4, -0.2) is 18.2 Å². The fourth-order valence-corrected chi connectivity index (χ4v) is 1.91. The average Bonchev–Trinajstić information content (AvgIpc) is 2.58. The predicted octanol–water partition coefficient (Wildman–Crippen LogP) is 0.410. The number of aromatic nitrogens is 2. The Morgan fingerprint density at radius 1 is 1.24 bits per heavy atom. The van der Waals surface area contributed by atoms with Crippen molar-refractivity contribution in [1.82, 2.24) is 9.78 Å². The zero-order valence-corrected chi connectivity index (χ0v) is 9.98. The summed E-state index contributed by atoms with van der Waals surface area (Å²) < 4.78 is 23.7. The first kappa shape index (κ1) is 11.6. The number of hydrogen-bond donors (Lipinski definition) is 2. The average molecular weight is 252 g/mol. The second-order valence-corrected chi connectivity index (χ2v) is 5.24. The number of anilines is 1. The van der Waals surface area contributed by atoms with Gasteiger partial charge in [0, 0.05) is 11.8 Å². The summed E-state index contributed by atoms with van der Waals surface area (Å²) >= 11 is 0. The lowest BCUT2D eigenvalue weighted by Gasteiger charge is -2.02. The van der Waals surface area contributed by atoms with Gasteiger partial charge in [-0.3, -0.25) is 0 Å². The van der Waals surface area contributed by atoms with E-state index in [1.54, 1.807) is 23.0 Å². The van der Waals surface area contributed by atoms with E-state index in [9.17, 15) is 8.42 Å². The third-order valence-electron chi connectivity index (χ3n) is 2.37. The van der Waals surface area contributed by atoms with Gasteiger partial charge in [-0.25, -0.2) is 18.2 Å². The molecule has 90 valence electrons. The summed E-state index contributed by atoms with van der Waals surface area (Å²) in [6.07, 6.45) is 1.77. The zero-order chi connectivity index (χ0) is 12.6. The van der Waals surface area contributed by atoms with E-state index < -0.39 is 10.0 Å². The van der Waals surface area contributed by atoms with Crippen molar-refractivity contribution < 1.29 is 8.42 Å². The van der Waals surface area contributed by atoms with Crippen LogP contribution < -0.4 is 10.9 Å². The molecule has 1 aromatic carbocycles. The molecule has 0 bridgehead atoms. The van der Waals surface area contributed by atoms with Crippen LogP contribution >= 0.6 is 0 Å². The Hall–Kier alpha value is -1.86. The molecule has 0 aliphatic rings. The number of primary sulfonamides is 1. The van der Waals surface area contributed by atoms with E-state index in [2.05, 4.69) is 5.10 Å². The van der Waals surface area contributed by atoms with Gasteiger partial charge in [0.05, 0.1) is 10.6 Å². The minimum atomic E-state index is -3.66. The summed E-state index contributed by atoms with van der Waals surface area (Å²) in [5, 5.41) is 9.09. The van der Waals surface area contributed by atoms with E-state index >= 15 is 0 Å². The van der Waals surface area contributed by atoms with Crippen molar-refractivity contribution >= 4 is 15.8 Å². The quantitative estimate of drug-likeness (QED) is 0.807. The number of aryl methyl sites for hydroxylation is 1. The fourth-order valence-electron chi connectivity index (χ4n) is 1.39. The Morgan fingerprint density at radius 3 is 2.24 bits per heavy atom. The van der Waals surface area contributed by atoms with Gasteiger partial charge in [-0.05, 0) is 31.2 Å². The van der Waals surface area contributed by atoms with Crippen molar-refractivity contribution in [2.45, 2.75) is 11.8 Å². The maximum Gasteiger partial charge on any atom is 0.238 e. The standard InChI is InChI=1S/C10H12N4O2S/c1-7-6-14(13-10(7)11)8-2-4-9(5-3-8)17(12,15)16/h2-6H,1H3,(H2,11,13)(H2,12,15,16). The first-order valence-electron chi connectivity index (χ1n) is 4.83. The van der Waals surface area contributed by atoms with Crippen LogP contribution in [0, 0.1) is 6.92 Å². The molecule has 0 atom stereocenters. The van der Waals surface area contributed by atoms with Crippen molar-refractivity contribution in [3.63, 3.8) is 0 Å². The molecule has 6 nitrogen and oxygen atoms in total. The van der Waals surface area contributed by atoms with Crippen LogP contribution in [0.5, 0.6) is 0 Å². The SMILES string of the molecule is Cc1cn(-c2ccc(S(N)(=O)=O)cc2)nc1N. The van der Waals surface area contributed by atoms with Gasteiger partial charge in [0.25, 0.3) is 0 Å². The molecule has 0 fully saturated rings. The summed E-state index contributed by atoms with van der Waals surface area (Å²) in [5.41, 5.74) is 7.21. The molecule has 0 radical (unpaired) electrons. The highest BCUT2D eigenvalue weighted by Crippen LogP contribution is 2.15. The molecular formula is C10H12N4O2S. The number of nitrogens with zero attached hydrogens (tertiary/aromatic N) is 2. The van der Waals surface area contributed by atoms with E-state index in [0.717, 1.165) is 11.3 Å². The van der Waals surface area contributed by atoms with Crippen molar-refractivity contribution in [3.05, 3.63) is 36.0 Å². The summed E-state index contributed by atoms with van der Waals surface area (Å²) in [5.74, 6) is 0.445. The molecule has 1 heterocycles. The van der Waals surface area contributed by atoms with Crippen molar-refractivity contribution in [3.8, 4) is 5.69 Å². The van der Waals surface area contributed by atoms with Crippen LogP contribution in [0.2, 0.25) is 0 Å².